The zero-order chi connectivity index (χ0) is 12.4. The Morgan fingerprint density at radius 3 is 2.18 bits per heavy atom. The van der Waals surface area contributed by atoms with Crippen LogP contribution in [0.2, 0.25) is 0 Å². The number of pyridine rings is 1. The van der Waals surface area contributed by atoms with E-state index in [1.165, 1.54) is 16.7 Å². The van der Waals surface area contributed by atoms with E-state index in [0.717, 1.165) is 11.3 Å². The summed E-state index contributed by atoms with van der Waals surface area (Å²) in [6, 6.07) is 10.4. The molecule has 0 fully saturated rings. The van der Waals surface area contributed by atoms with Gasteiger partial charge in [0.25, 0.3) is 0 Å². The lowest BCUT2D eigenvalue weighted by atomic mass is 9.96. The van der Waals surface area contributed by atoms with Gasteiger partial charge in [-0.3, -0.25) is 0 Å². The number of hydrogen-bond donors (Lipinski definition) is 0. The van der Waals surface area contributed by atoms with Gasteiger partial charge in [0, 0.05) is 11.3 Å². The van der Waals surface area contributed by atoms with E-state index in [1.807, 2.05) is 13.0 Å². The molecule has 2 nitrogen and oxygen atoms in total. The van der Waals surface area contributed by atoms with Gasteiger partial charge in [-0.2, -0.15) is 0 Å². The van der Waals surface area contributed by atoms with Crippen molar-refractivity contribution in [1.82, 2.24) is 4.98 Å². The molecule has 0 bridgehead atoms. The third kappa shape index (κ3) is 2.03. The Hall–Kier alpha value is -1.83. The van der Waals surface area contributed by atoms with Gasteiger partial charge in [-0.05, 0) is 37.5 Å². The molecule has 0 amide bonds. The molecule has 0 atom stereocenters. The number of methoxy groups -OCH3 is 1. The van der Waals surface area contributed by atoms with Crippen molar-refractivity contribution in [2.24, 2.45) is 0 Å². The molecule has 0 aliphatic carbocycles. The molecule has 88 valence electrons. The predicted octanol–water partition coefficient (Wildman–Crippen LogP) is 3.68. The highest BCUT2D eigenvalue weighted by atomic mass is 16.5. The summed E-state index contributed by atoms with van der Waals surface area (Å²) in [5.41, 5.74) is 5.78. The molecule has 2 aromatic rings. The molecule has 2 rings (SSSR count). The SMILES string of the molecule is COc1nc(C)c(C)c(-c2ccccc2)c1C. The summed E-state index contributed by atoms with van der Waals surface area (Å²) in [5, 5.41) is 0. The zero-order valence-electron chi connectivity index (χ0n) is 10.7. The van der Waals surface area contributed by atoms with Crippen LogP contribution in [-0.4, -0.2) is 12.1 Å². The van der Waals surface area contributed by atoms with Crippen LogP contribution in [0.3, 0.4) is 0 Å². The van der Waals surface area contributed by atoms with Crippen LogP contribution in [0.5, 0.6) is 5.88 Å². The molecular formula is C15H17NO. The summed E-state index contributed by atoms with van der Waals surface area (Å²) >= 11 is 0. The van der Waals surface area contributed by atoms with Crippen LogP contribution >= 0.6 is 0 Å². The minimum absolute atomic E-state index is 0.715. The number of hydrogen-bond acceptors (Lipinski definition) is 2. The Bertz CT molecular complexity index is 532. The quantitative estimate of drug-likeness (QED) is 0.780. The lowest BCUT2D eigenvalue weighted by molar-refractivity contribution is 0.393. The van der Waals surface area contributed by atoms with Gasteiger partial charge < -0.3 is 4.74 Å². The molecule has 1 aromatic carbocycles. The molecule has 0 radical (unpaired) electrons. The maximum atomic E-state index is 5.33. The minimum Gasteiger partial charge on any atom is -0.481 e. The average Bonchev–Trinajstić information content (AvgIpc) is 2.35. The second-order valence-corrected chi connectivity index (χ2v) is 4.20. The van der Waals surface area contributed by atoms with Gasteiger partial charge in [0.2, 0.25) is 5.88 Å². The summed E-state index contributed by atoms with van der Waals surface area (Å²) < 4.78 is 5.33. The molecule has 0 aliphatic rings. The number of ether oxygens (including phenoxy) is 1. The molecule has 0 unspecified atom stereocenters. The minimum atomic E-state index is 0.715. The molecule has 2 heteroatoms. The normalized spacial score (nSPS) is 10.4. The fraction of sp³-hybridized carbons (Fsp3) is 0.267. The van der Waals surface area contributed by atoms with Gasteiger partial charge in [0.05, 0.1) is 7.11 Å². The Labute approximate surface area is 102 Å². The van der Waals surface area contributed by atoms with E-state index in [9.17, 15) is 0 Å². The van der Waals surface area contributed by atoms with Crippen LogP contribution in [0.1, 0.15) is 16.8 Å². The first-order chi connectivity index (χ1) is 8.15. The molecule has 1 heterocycles. The highest BCUT2D eigenvalue weighted by Crippen LogP contribution is 2.32. The number of rotatable bonds is 2. The van der Waals surface area contributed by atoms with Crippen molar-refractivity contribution >= 4 is 0 Å². The topological polar surface area (TPSA) is 22.1 Å². The fourth-order valence-corrected chi connectivity index (χ4v) is 2.13. The van der Waals surface area contributed by atoms with Gasteiger partial charge in [0.15, 0.2) is 0 Å². The van der Waals surface area contributed by atoms with E-state index in [-0.39, 0.29) is 0 Å². The predicted molar refractivity (Wildman–Crippen MR) is 70.4 cm³/mol. The summed E-state index contributed by atoms with van der Waals surface area (Å²) in [6.45, 7) is 6.18. The molecule has 0 saturated carbocycles. The fourth-order valence-electron chi connectivity index (χ4n) is 2.13. The van der Waals surface area contributed by atoms with E-state index in [0.29, 0.717) is 5.88 Å². The van der Waals surface area contributed by atoms with Crippen molar-refractivity contribution in [3.05, 3.63) is 47.2 Å². The second-order valence-electron chi connectivity index (χ2n) is 4.20. The maximum absolute atomic E-state index is 5.33. The number of aromatic nitrogens is 1. The Kier molecular flexibility index (Phi) is 3.14. The Balaban J connectivity index is 2.72. The van der Waals surface area contributed by atoms with Gasteiger partial charge in [-0.25, -0.2) is 4.98 Å². The van der Waals surface area contributed by atoms with E-state index in [2.05, 4.69) is 43.1 Å². The molecule has 0 saturated heterocycles. The van der Waals surface area contributed by atoms with Crippen LogP contribution < -0.4 is 4.74 Å². The zero-order valence-corrected chi connectivity index (χ0v) is 10.7. The van der Waals surface area contributed by atoms with Crippen molar-refractivity contribution in [2.75, 3.05) is 7.11 Å². The average molecular weight is 227 g/mol. The maximum Gasteiger partial charge on any atom is 0.216 e. The molecular weight excluding hydrogens is 210 g/mol. The van der Waals surface area contributed by atoms with Crippen molar-refractivity contribution in [1.29, 1.82) is 0 Å². The van der Waals surface area contributed by atoms with Crippen LogP contribution in [-0.2, 0) is 0 Å². The standard InChI is InChI=1S/C15H17NO/c1-10-12(3)16-15(17-4)11(2)14(10)13-8-6-5-7-9-13/h5-9H,1-4H3. The molecule has 1 aromatic heterocycles. The summed E-state index contributed by atoms with van der Waals surface area (Å²) in [6.07, 6.45) is 0. The number of nitrogens with zero attached hydrogens (tertiary/aromatic N) is 1. The first-order valence-corrected chi connectivity index (χ1v) is 5.72. The lowest BCUT2D eigenvalue weighted by Gasteiger charge is -2.15. The third-order valence-electron chi connectivity index (χ3n) is 3.14. The van der Waals surface area contributed by atoms with E-state index >= 15 is 0 Å². The Morgan fingerprint density at radius 1 is 0.941 bits per heavy atom. The van der Waals surface area contributed by atoms with Gasteiger partial charge in [0.1, 0.15) is 0 Å². The number of benzene rings is 1. The van der Waals surface area contributed by atoms with Crippen molar-refractivity contribution in [3.63, 3.8) is 0 Å². The first kappa shape index (κ1) is 11.6. The molecule has 0 N–H and O–H groups in total. The van der Waals surface area contributed by atoms with Crippen molar-refractivity contribution in [3.8, 4) is 17.0 Å². The first-order valence-electron chi connectivity index (χ1n) is 5.72. The van der Waals surface area contributed by atoms with Gasteiger partial charge in [-0.1, -0.05) is 30.3 Å². The molecule has 0 spiro atoms. The molecule has 0 aliphatic heterocycles. The van der Waals surface area contributed by atoms with Crippen molar-refractivity contribution in [2.45, 2.75) is 20.8 Å². The smallest absolute Gasteiger partial charge is 0.216 e. The van der Waals surface area contributed by atoms with E-state index in [1.54, 1.807) is 7.11 Å². The lowest BCUT2D eigenvalue weighted by Crippen LogP contribution is -2.00. The van der Waals surface area contributed by atoms with Crippen molar-refractivity contribution < 1.29 is 4.74 Å². The van der Waals surface area contributed by atoms with Gasteiger partial charge in [-0.15, -0.1) is 0 Å². The molecule has 17 heavy (non-hydrogen) atoms. The Morgan fingerprint density at radius 2 is 1.59 bits per heavy atom. The van der Waals surface area contributed by atoms with E-state index < -0.39 is 0 Å². The van der Waals surface area contributed by atoms with Gasteiger partial charge >= 0.3 is 0 Å². The summed E-state index contributed by atoms with van der Waals surface area (Å²) in [5.74, 6) is 0.715. The van der Waals surface area contributed by atoms with Crippen LogP contribution in [0, 0.1) is 20.8 Å². The highest BCUT2D eigenvalue weighted by molar-refractivity contribution is 5.72. The second kappa shape index (κ2) is 4.58. The largest absolute Gasteiger partial charge is 0.481 e. The summed E-state index contributed by atoms with van der Waals surface area (Å²) in [4.78, 5) is 4.45. The number of aryl methyl sites for hydroxylation is 1. The third-order valence-corrected chi connectivity index (χ3v) is 3.14. The highest BCUT2D eigenvalue weighted by Gasteiger charge is 2.13. The monoisotopic (exact) mass is 227 g/mol. The van der Waals surface area contributed by atoms with Crippen LogP contribution in [0.15, 0.2) is 30.3 Å². The van der Waals surface area contributed by atoms with Crippen LogP contribution in [0.25, 0.3) is 11.1 Å². The van der Waals surface area contributed by atoms with E-state index in [4.69, 9.17) is 4.74 Å². The van der Waals surface area contributed by atoms with Crippen LogP contribution in [0.4, 0.5) is 0 Å². The summed E-state index contributed by atoms with van der Waals surface area (Å²) in [7, 11) is 1.67.